The minimum Gasteiger partial charge on any atom is -0.355 e. The number of likely N-dealkylation sites (tertiary alicyclic amines) is 1. The summed E-state index contributed by atoms with van der Waals surface area (Å²) >= 11 is 0. The van der Waals surface area contributed by atoms with Gasteiger partial charge in [-0.2, -0.15) is 0 Å². The highest BCUT2D eigenvalue weighted by Crippen LogP contribution is 2.15. The fourth-order valence-electron chi connectivity index (χ4n) is 2.94. The highest BCUT2D eigenvalue weighted by atomic mass is 16.2. The highest BCUT2D eigenvalue weighted by Gasteiger charge is 2.15. The van der Waals surface area contributed by atoms with Gasteiger partial charge in [-0.15, -0.1) is 0 Å². The number of piperidine rings is 1. The van der Waals surface area contributed by atoms with Gasteiger partial charge in [0.2, 0.25) is 5.91 Å². The third-order valence-electron chi connectivity index (χ3n) is 4.43. The van der Waals surface area contributed by atoms with Crippen molar-refractivity contribution in [1.82, 2.24) is 20.4 Å². The average Bonchev–Trinajstić information content (AvgIpc) is 2.46. The molecular weight excluding hydrogens is 252 g/mol. The van der Waals surface area contributed by atoms with Gasteiger partial charge in [0, 0.05) is 32.7 Å². The standard InChI is InChI=1S/C15H30N4O/c1-14-3-9-18(10-4-14)8-2-5-17-15(20)13-19-11-6-16-7-12-19/h14,16H,2-13H2,1H3,(H,17,20). The van der Waals surface area contributed by atoms with E-state index in [0.717, 1.165) is 51.6 Å². The maximum atomic E-state index is 11.8. The maximum absolute atomic E-state index is 11.8. The van der Waals surface area contributed by atoms with Crippen LogP contribution < -0.4 is 10.6 Å². The molecule has 0 aliphatic carbocycles. The first-order valence-electron chi connectivity index (χ1n) is 8.16. The lowest BCUT2D eigenvalue weighted by atomic mass is 9.99. The number of nitrogens with one attached hydrogen (secondary N) is 2. The normalized spacial score (nSPS) is 22.9. The molecule has 2 saturated heterocycles. The molecule has 116 valence electrons. The summed E-state index contributed by atoms with van der Waals surface area (Å²) in [5.41, 5.74) is 0. The Morgan fingerprint density at radius 1 is 1.15 bits per heavy atom. The Hall–Kier alpha value is -0.650. The van der Waals surface area contributed by atoms with Crippen LogP contribution in [-0.2, 0) is 4.79 Å². The molecule has 20 heavy (non-hydrogen) atoms. The van der Waals surface area contributed by atoms with Crippen LogP contribution >= 0.6 is 0 Å². The number of hydrogen-bond acceptors (Lipinski definition) is 4. The van der Waals surface area contributed by atoms with Crippen LogP contribution in [0.2, 0.25) is 0 Å². The number of piperazine rings is 1. The van der Waals surface area contributed by atoms with E-state index in [0.29, 0.717) is 6.54 Å². The van der Waals surface area contributed by atoms with Crippen LogP contribution in [0.5, 0.6) is 0 Å². The smallest absolute Gasteiger partial charge is 0.234 e. The van der Waals surface area contributed by atoms with Gasteiger partial charge >= 0.3 is 0 Å². The van der Waals surface area contributed by atoms with Crippen LogP contribution in [0.15, 0.2) is 0 Å². The molecule has 0 unspecified atom stereocenters. The third-order valence-corrected chi connectivity index (χ3v) is 4.43. The quantitative estimate of drug-likeness (QED) is 0.680. The van der Waals surface area contributed by atoms with Gasteiger partial charge in [-0.05, 0) is 44.8 Å². The summed E-state index contributed by atoms with van der Waals surface area (Å²) in [4.78, 5) is 16.6. The second-order valence-electron chi connectivity index (χ2n) is 6.25. The van der Waals surface area contributed by atoms with Crippen molar-refractivity contribution in [3.05, 3.63) is 0 Å². The van der Waals surface area contributed by atoms with Crippen molar-refractivity contribution < 1.29 is 4.79 Å². The second-order valence-corrected chi connectivity index (χ2v) is 6.25. The van der Waals surface area contributed by atoms with Crippen molar-refractivity contribution in [2.75, 3.05) is 58.9 Å². The minimum absolute atomic E-state index is 0.180. The van der Waals surface area contributed by atoms with E-state index >= 15 is 0 Å². The molecular formula is C15H30N4O. The van der Waals surface area contributed by atoms with Crippen LogP contribution in [-0.4, -0.2) is 74.6 Å². The molecule has 0 atom stereocenters. The summed E-state index contributed by atoms with van der Waals surface area (Å²) in [6.45, 7) is 11.3. The van der Waals surface area contributed by atoms with Crippen molar-refractivity contribution in [2.45, 2.75) is 26.2 Å². The van der Waals surface area contributed by atoms with E-state index in [1.807, 2.05) is 0 Å². The Bertz CT molecular complexity index is 284. The van der Waals surface area contributed by atoms with Crippen molar-refractivity contribution in [3.63, 3.8) is 0 Å². The third kappa shape index (κ3) is 5.77. The predicted octanol–water partition coefficient (Wildman–Crippen LogP) is 0.130. The van der Waals surface area contributed by atoms with E-state index in [4.69, 9.17) is 0 Å². The topological polar surface area (TPSA) is 47.6 Å². The largest absolute Gasteiger partial charge is 0.355 e. The summed E-state index contributed by atoms with van der Waals surface area (Å²) in [6.07, 6.45) is 3.73. The zero-order chi connectivity index (χ0) is 14.2. The molecule has 2 aliphatic heterocycles. The van der Waals surface area contributed by atoms with E-state index < -0.39 is 0 Å². The van der Waals surface area contributed by atoms with Gasteiger partial charge in [0.05, 0.1) is 6.54 Å². The number of rotatable bonds is 6. The summed E-state index contributed by atoms with van der Waals surface area (Å²) in [6, 6.07) is 0. The molecule has 0 bridgehead atoms. The summed E-state index contributed by atoms with van der Waals surface area (Å²) in [7, 11) is 0. The SMILES string of the molecule is CC1CCN(CCCNC(=O)CN2CCNCC2)CC1. The fraction of sp³-hybridized carbons (Fsp3) is 0.933. The fourth-order valence-corrected chi connectivity index (χ4v) is 2.94. The molecule has 2 N–H and O–H groups in total. The predicted molar refractivity (Wildman–Crippen MR) is 81.8 cm³/mol. The average molecular weight is 282 g/mol. The van der Waals surface area contributed by atoms with Crippen LogP contribution in [0.3, 0.4) is 0 Å². The van der Waals surface area contributed by atoms with Crippen molar-refractivity contribution in [2.24, 2.45) is 5.92 Å². The van der Waals surface area contributed by atoms with Crippen LogP contribution in [0.1, 0.15) is 26.2 Å². The van der Waals surface area contributed by atoms with E-state index in [2.05, 4.69) is 27.4 Å². The van der Waals surface area contributed by atoms with E-state index in [1.54, 1.807) is 0 Å². The Morgan fingerprint density at radius 2 is 1.85 bits per heavy atom. The maximum Gasteiger partial charge on any atom is 0.234 e. The van der Waals surface area contributed by atoms with E-state index in [1.165, 1.54) is 25.9 Å². The Morgan fingerprint density at radius 3 is 2.55 bits per heavy atom. The van der Waals surface area contributed by atoms with Crippen molar-refractivity contribution in [1.29, 1.82) is 0 Å². The molecule has 1 amide bonds. The first-order valence-corrected chi connectivity index (χ1v) is 8.16. The highest BCUT2D eigenvalue weighted by molar-refractivity contribution is 5.77. The molecule has 0 aromatic carbocycles. The van der Waals surface area contributed by atoms with Gasteiger partial charge in [0.15, 0.2) is 0 Å². The molecule has 0 spiro atoms. The molecule has 5 heteroatoms. The number of carbonyl (C=O) groups is 1. The number of carbonyl (C=O) groups excluding carboxylic acids is 1. The molecule has 2 rings (SSSR count). The Kier molecular flexibility index (Phi) is 6.76. The molecule has 5 nitrogen and oxygen atoms in total. The molecule has 0 aromatic rings. The van der Waals surface area contributed by atoms with E-state index in [-0.39, 0.29) is 5.91 Å². The van der Waals surface area contributed by atoms with Gasteiger partial charge in [0.25, 0.3) is 0 Å². The number of nitrogens with zero attached hydrogens (tertiary/aromatic N) is 2. The van der Waals surface area contributed by atoms with Crippen LogP contribution in [0.25, 0.3) is 0 Å². The molecule has 2 aliphatic rings. The van der Waals surface area contributed by atoms with Crippen molar-refractivity contribution in [3.8, 4) is 0 Å². The number of amides is 1. The molecule has 2 fully saturated rings. The Labute approximate surface area is 123 Å². The number of hydrogen-bond donors (Lipinski definition) is 2. The summed E-state index contributed by atoms with van der Waals surface area (Å²) < 4.78 is 0. The van der Waals surface area contributed by atoms with Crippen LogP contribution in [0.4, 0.5) is 0 Å². The lowest BCUT2D eigenvalue weighted by molar-refractivity contribution is -0.122. The second kappa shape index (κ2) is 8.60. The van der Waals surface area contributed by atoms with Gasteiger partial charge in [-0.3, -0.25) is 9.69 Å². The van der Waals surface area contributed by atoms with Gasteiger partial charge in [0.1, 0.15) is 0 Å². The zero-order valence-corrected chi connectivity index (χ0v) is 12.9. The molecule has 0 aromatic heterocycles. The minimum atomic E-state index is 0.180. The van der Waals surface area contributed by atoms with E-state index in [9.17, 15) is 4.79 Å². The monoisotopic (exact) mass is 282 g/mol. The van der Waals surface area contributed by atoms with Gasteiger partial charge < -0.3 is 15.5 Å². The summed E-state index contributed by atoms with van der Waals surface area (Å²) in [5.74, 6) is 1.07. The van der Waals surface area contributed by atoms with Gasteiger partial charge in [-0.1, -0.05) is 6.92 Å². The molecule has 2 heterocycles. The van der Waals surface area contributed by atoms with Crippen molar-refractivity contribution >= 4 is 5.91 Å². The van der Waals surface area contributed by atoms with Gasteiger partial charge in [-0.25, -0.2) is 0 Å². The molecule has 0 saturated carbocycles. The van der Waals surface area contributed by atoms with Crippen LogP contribution in [0, 0.1) is 5.92 Å². The lowest BCUT2D eigenvalue weighted by Gasteiger charge is -2.30. The summed E-state index contributed by atoms with van der Waals surface area (Å²) in [5, 5.41) is 6.35. The lowest BCUT2D eigenvalue weighted by Crippen LogP contribution is -2.47. The Balaban J connectivity index is 1.48. The first-order chi connectivity index (χ1) is 9.74. The zero-order valence-electron chi connectivity index (χ0n) is 12.9. The first kappa shape index (κ1) is 15.7. The molecule has 0 radical (unpaired) electrons.